The van der Waals surface area contributed by atoms with Crippen LogP contribution >= 0.6 is 0 Å². The van der Waals surface area contributed by atoms with Crippen molar-refractivity contribution in [3.8, 4) is 0 Å². The Balaban J connectivity index is -0.000000656. The number of rotatable bonds is 6. The lowest BCUT2D eigenvalue weighted by atomic mass is 10.2. The summed E-state index contributed by atoms with van der Waals surface area (Å²) < 4.78 is 0. The molecule has 0 radical (unpaired) electrons. The number of aliphatic imine (C=N–C) groups is 2. The Morgan fingerprint density at radius 2 is 1.50 bits per heavy atom. The summed E-state index contributed by atoms with van der Waals surface area (Å²) in [5.41, 5.74) is 1.55. The van der Waals surface area contributed by atoms with Gasteiger partial charge in [0.2, 0.25) is 0 Å². The minimum atomic E-state index is 0.756. The zero-order valence-electron chi connectivity index (χ0n) is 13.9. The molecule has 0 spiro atoms. The second kappa shape index (κ2) is 22.2. The summed E-state index contributed by atoms with van der Waals surface area (Å²) >= 11 is 0. The topological polar surface area (TPSA) is 24.7 Å². The van der Waals surface area contributed by atoms with Crippen molar-refractivity contribution in [3.05, 3.63) is 61.5 Å². The van der Waals surface area contributed by atoms with Gasteiger partial charge in [-0.05, 0) is 26.0 Å². The highest BCUT2D eigenvalue weighted by Gasteiger charge is 1.98. The van der Waals surface area contributed by atoms with Crippen LogP contribution in [0, 0.1) is 0 Å². The highest BCUT2D eigenvalue weighted by molar-refractivity contribution is 6.09. The van der Waals surface area contributed by atoms with Crippen LogP contribution in [0.25, 0.3) is 0 Å². The van der Waals surface area contributed by atoms with Gasteiger partial charge in [0.15, 0.2) is 0 Å². The van der Waals surface area contributed by atoms with E-state index in [1.807, 2.05) is 65.8 Å². The molecule has 0 N–H and O–H groups in total. The van der Waals surface area contributed by atoms with Gasteiger partial charge in [-0.1, -0.05) is 65.2 Å². The van der Waals surface area contributed by atoms with Crippen molar-refractivity contribution >= 4 is 11.9 Å². The molecule has 0 amide bonds. The molecule has 2 heteroatoms. The van der Waals surface area contributed by atoms with Gasteiger partial charge >= 0.3 is 0 Å². The molecule has 0 saturated heterocycles. The number of allylic oxidation sites excluding steroid dienone is 6. The van der Waals surface area contributed by atoms with Crippen LogP contribution in [0.5, 0.6) is 0 Å². The normalized spacial score (nSPS) is 11.9. The van der Waals surface area contributed by atoms with Gasteiger partial charge < -0.3 is 0 Å². The van der Waals surface area contributed by atoms with E-state index in [0.29, 0.717) is 0 Å². The molecule has 0 heterocycles. The van der Waals surface area contributed by atoms with Gasteiger partial charge in [-0.2, -0.15) is 0 Å². The quantitative estimate of drug-likeness (QED) is 0.424. The SMILES string of the molecule is C=CC=N/C(=C\C=C)C(C=CC)=N/C=C\C.CC.CC. The lowest BCUT2D eigenvalue weighted by Crippen LogP contribution is -1.96. The molecule has 2 nitrogen and oxygen atoms in total. The molecular weight excluding hydrogens is 244 g/mol. The van der Waals surface area contributed by atoms with Crippen molar-refractivity contribution in [2.45, 2.75) is 41.5 Å². The number of nitrogens with zero attached hydrogens (tertiary/aromatic N) is 2. The molecule has 0 aromatic rings. The molecule has 0 fully saturated rings. The lowest BCUT2D eigenvalue weighted by Gasteiger charge is -1.99. The predicted octanol–water partition coefficient (Wildman–Crippen LogP) is 5.92. The van der Waals surface area contributed by atoms with Crippen molar-refractivity contribution in [2.24, 2.45) is 9.98 Å². The van der Waals surface area contributed by atoms with Crippen LogP contribution in [0.2, 0.25) is 0 Å². The Morgan fingerprint density at radius 1 is 0.900 bits per heavy atom. The van der Waals surface area contributed by atoms with E-state index in [9.17, 15) is 0 Å². The Bertz CT molecular complexity index is 367. The van der Waals surface area contributed by atoms with Crippen LogP contribution in [0.3, 0.4) is 0 Å². The van der Waals surface area contributed by atoms with Gasteiger partial charge in [0.05, 0.1) is 11.4 Å². The maximum atomic E-state index is 4.29. The highest BCUT2D eigenvalue weighted by Crippen LogP contribution is 2.03. The molecule has 0 unspecified atom stereocenters. The molecule has 20 heavy (non-hydrogen) atoms. The fourth-order valence-electron chi connectivity index (χ4n) is 0.946. The summed E-state index contributed by atoms with van der Waals surface area (Å²) in [7, 11) is 0. The molecule has 0 aliphatic carbocycles. The van der Waals surface area contributed by atoms with Crippen LogP contribution in [0.4, 0.5) is 0 Å². The summed E-state index contributed by atoms with van der Waals surface area (Å²) in [4.78, 5) is 8.52. The Hall–Kier alpha value is -1.96. The first-order chi connectivity index (χ1) is 9.79. The van der Waals surface area contributed by atoms with Crippen molar-refractivity contribution in [1.82, 2.24) is 0 Å². The van der Waals surface area contributed by atoms with Crippen molar-refractivity contribution in [1.29, 1.82) is 0 Å². The zero-order chi connectivity index (χ0) is 16.2. The first kappa shape index (κ1) is 23.2. The summed E-state index contributed by atoms with van der Waals surface area (Å²) in [6, 6.07) is 0. The minimum Gasteiger partial charge on any atom is -0.255 e. The van der Waals surface area contributed by atoms with E-state index >= 15 is 0 Å². The maximum absolute atomic E-state index is 4.29. The smallest absolute Gasteiger partial charge is 0.0885 e. The van der Waals surface area contributed by atoms with E-state index in [0.717, 1.165) is 11.4 Å². The van der Waals surface area contributed by atoms with Crippen LogP contribution in [-0.2, 0) is 0 Å². The number of hydrogen-bond donors (Lipinski definition) is 0. The Labute approximate surface area is 125 Å². The van der Waals surface area contributed by atoms with E-state index in [4.69, 9.17) is 0 Å². The molecule has 0 saturated carbocycles. The molecule has 112 valence electrons. The Morgan fingerprint density at radius 3 is 1.90 bits per heavy atom. The third-order valence-corrected chi connectivity index (χ3v) is 1.54. The molecule has 0 rings (SSSR count). The van der Waals surface area contributed by atoms with Gasteiger partial charge in [0, 0.05) is 12.4 Å². The van der Waals surface area contributed by atoms with Crippen LogP contribution in [0.1, 0.15) is 41.5 Å². The summed E-state index contributed by atoms with van der Waals surface area (Å²) in [6.07, 6.45) is 14.2. The summed E-state index contributed by atoms with van der Waals surface area (Å²) in [5, 5.41) is 0. The first-order valence-corrected chi connectivity index (χ1v) is 7.10. The maximum Gasteiger partial charge on any atom is 0.0885 e. The molecule has 0 aromatic carbocycles. The van der Waals surface area contributed by atoms with Crippen LogP contribution < -0.4 is 0 Å². The van der Waals surface area contributed by atoms with Crippen LogP contribution in [0.15, 0.2) is 71.5 Å². The first-order valence-electron chi connectivity index (χ1n) is 7.10. The van der Waals surface area contributed by atoms with E-state index in [1.165, 1.54) is 0 Å². The predicted molar refractivity (Wildman–Crippen MR) is 96.7 cm³/mol. The molecule has 0 aromatic heterocycles. The third kappa shape index (κ3) is 14.1. The second-order valence-electron chi connectivity index (χ2n) is 2.80. The monoisotopic (exact) mass is 274 g/mol. The standard InChI is InChI=1S/C14H18N2.2C2H6/c1-5-9-13(15-11-7-3)14(10-6-2)16-12-8-4;2*1-2/h5-12H,1,3H2,2,4H3;2*1-2H3/b10-6?,12-8-,13-9-,15-11?,16-14?;;. The van der Waals surface area contributed by atoms with E-state index in [1.54, 1.807) is 24.6 Å². The van der Waals surface area contributed by atoms with Gasteiger partial charge in [0.1, 0.15) is 0 Å². The fraction of sp³-hybridized carbons (Fsp3) is 0.333. The molecule has 0 aliphatic rings. The summed E-state index contributed by atoms with van der Waals surface area (Å²) in [6.45, 7) is 19.1. The number of hydrogen-bond acceptors (Lipinski definition) is 2. The minimum absolute atomic E-state index is 0.756. The average Bonchev–Trinajstić information content (AvgIpc) is 2.52. The van der Waals surface area contributed by atoms with Gasteiger partial charge in [-0.25, -0.2) is 0 Å². The second-order valence-corrected chi connectivity index (χ2v) is 2.80. The highest BCUT2D eigenvalue weighted by atomic mass is 14.8. The van der Waals surface area contributed by atoms with Gasteiger partial charge in [-0.3, -0.25) is 9.98 Å². The van der Waals surface area contributed by atoms with Crippen LogP contribution in [-0.4, -0.2) is 11.9 Å². The van der Waals surface area contributed by atoms with E-state index in [2.05, 4.69) is 23.1 Å². The lowest BCUT2D eigenvalue weighted by molar-refractivity contribution is 1.42. The van der Waals surface area contributed by atoms with Crippen molar-refractivity contribution in [2.75, 3.05) is 0 Å². The molecule has 0 atom stereocenters. The van der Waals surface area contributed by atoms with Gasteiger partial charge in [0.25, 0.3) is 0 Å². The van der Waals surface area contributed by atoms with Crippen molar-refractivity contribution in [3.63, 3.8) is 0 Å². The fourth-order valence-corrected chi connectivity index (χ4v) is 0.946. The van der Waals surface area contributed by atoms with Gasteiger partial charge in [-0.15, -0.1) is 0 Å². The molecular formula is C18H30N2. The zero-order valence-corrected chi connectivity index (χ0v) is 13.9. The summed E-state index contributed by atoms with van der Waals surface area (Å²) in [5.74, 6) is 0. The van der Waals surface area contributed by atoms with E-state index < -0.39 is 0 Å². The molecule has 0 aliphatic heterocycles. The van der Waals surface area contributed by atoms with Crippen molar-refractivity contribution < 1.29 is 0 Å². The average molecular weight is 274 g/mol. The molecule has 0 bridgehead atoms. The largest absolute Gasteiger partial charge is 0.255 e. The Kier molecular flexibility index (Phi) is 25.8. The van der Waals surface area contributed by atoms with E-state index in [-0.39, 0.29) is 0 Å². The third-order valence-electron chi connectivity index (χ3n) is 1.54.